The number of pyridine rings is 1. The highest BCUT2D eigenvalue weighted by molar-refractivity contribution is 5.99. The Hall–Kier alpha value is -4.34. The number of para-hydroxylation sites is 1. The first-order valence-electron chi connectivity index (χ1n) is 10.5. The normalized spacial score (nSPS) is 13.4. The largest absolute Gasteiger partial charge is 0.452 e. The van der Waals surface area contributed by atoms with E-state index >= 15 is 0 Å². The Kier molecular flexibility index (Phi) is 5.39. The number of benzene rings is 2. The van der Waals surface area contributed by atoms with Crippen molar-refractivity contribution < 1.29 is 19.0 Å². The van der Waals surface area contributed by atoms with Crippen LogP contribution in [0.1, 0.15) is 29.1 Å². The summed E-state index contributed by atoms with van der Waals surface area (Å²) in [6.45, 7) is 1.48. The second kappa shape index (κ2) is 8.65. The van der Waals surface area contributed by atoms with Crippen molar-refractivity contribution in [3.05, 3.63) is 76.2 Å². The van der Waals surface area contributed by atoms with Crippen LogP contribution in [0.25, 0.3) is 22.3 Å². The van der Waals surface area contributed by atoms with Gasteiger partial charge >= 0.3 is 5.97 Å². The molecular weight excluding hydrogens is 426 g/mol. The predicted molar refractivity (Wildman–Crippen MR) is 119 cm³/mol. The molecule has 33 heavy (non-hydrogen) atoms. The maximum atomic E-state index is 13.0. The Balaban J connectivity index is 1.34. The third-order valence-corrected chi connectivity index (χ3v) is 5.46. The Morgan fingerprint density at radius 2 is 1.85 bits per heavy atom. The van der Waals surface area contributed by atoms with Crippen molar-refractivity contribution >= 4 is 28.4 Å². The van der Waals surface area contributed by atoms with Crippen LogP contribution in [0.5, 0.6) is 0 Å². The van der Waals surface area contributed by atoms with Crippen molar-refractivity contribution in [2.45, 2.75) is 19.4 Å². The zero-order valence-corrected chi connectivity index (χ0v) is 17.5. The van der Waals surface area contributed by atoms with Crippen LogP contribution < -0.4 is 4.90 Å². The topological polar surface area (TPSA) is 124 Å². The number of hydrogen-bond donors (Lipinski definition) is 0. The smallest absolute Gasteiger partial charge is 0.342 e. The van der Waals surface area contributed by atoms with Crippen LogP contribution >= 0.6 is 0 Å². The first-order valence-corrected chi connectivity index (χ1v) is 10.5. The number of fused-ring (bicyclic) bond motifs is 1. The summed E-state index contributed by atoms with van der Waals surface area (Å²) in [6.07, 6.45) is 2.10. The van der Waals surface area contributed by atoms with Crippen LogP contribution in [0.15, 0.2) is 59.1 Å². The number of non-ortho nitro benzene ring substituents is 1. The summed E-state index contributed by atoms with van der Waals surface area (Å²) in [4.78, 5) is 34.3. The van der Waals surface area contributed by atoms with Crippen molar-refractivity contribution in [1.29, 1.82) is 0 Å². The van der Waals surface area contributed by atoms with E-state index in [0.717, 1.165) is 36.8 Å². The highest BCUT2D eigenvalue weighted by Gasteiger charge is 2.23. The molecule has 5 rings (SSSR count). The van der Waals surface area contributed by atoms with Gasteiger partial charge in [-0.25, -0.2) is 9.78 Å². The van der Waals surface area contributed by atoms with Gasteiger partial charge in [-0.3, -0.25) is 10.1 Å². The van der Waals surface area contributed by atoms with Gasteiger partial charge < -0.3 is 14.2 Å². The third kappa shape index (κ3) is 4.22. The summed E-state index contributed by atoms with van der Waals surface area (Å²) in [5.74, 6) is 0.466. The van der Waals surface area contributed by atoms with Crippen molar-refractivity contribution in [2.24, 2.45) is 0 Å². The van der Waals surface area contributed by atoms with Crippen LogP contribution in [0.4, 0.5) is 11.5 Å². The molecule has 2 aromatic heterocycles. The Morgan fingerprint density at radius 3 is 2.61 bits per heavy atom. The SMILES string of the molecule is O=C(OCc1nc(-c2ccc([N+](=O)[O-])cc2)no1)c1cc2ccccc2nc1N1CCCC1. The number of nitro benzene ring substituents is 1. The molecule has 10 heteroatoms. The lowest BCUT2D eigenvalue weighted by Crippen LogP contribution is -2.23. The molecule has 0 spiro atoms. The predicted octanol–water partition coefficient (Wildman–Crippen LogP) is 4.15. The molecule has 2 aromatic carbocycles. The molecule has 0 saturated carbocycles. The number of rotatable bonds is 6. The number of nitrogens with zero attached hydrogens (tertiary/aromatic N) is 5. The maximum absolute atomic E-state index is 13.0. The van der Waals surface area contributed by atoms with Gasteiger partial charge in [0.25, 0.3) is 11.6 Å². The number of esters is 1. The van der Waals surface area contributed by atoms with Gasteiger partial charge in [0.2, 0.25) is 5.82 Å². The zero-order valence-electron chi connectivity index (χ0n) is 17.5. The Morgan fingerprint density at radius 1 is 1.09 bits per heavy atom. The van der Waals surface area contributed by atoms with Crippen LogP contribution in [-0.2, 0) is 11.3 Å². The highest BCUT2D eigenvalue weighted by atomic mass is 16.6. The maximum Gasteiger partial charge on any atom is 0.342 e. The van der Waals surface area contributed by atoms with Crippen LogP contribution in [0.2, 0.25) is 0 Å². The minimum absolute atomic E-state index is 0.0331. The van der Waals surface area contributed by atoms with E-state index in [9.17, 15) is 14.9 Å². The summed E-state index contributed by atoms with van der Waals surface area (Å²) in [5.41, 5.74) is 1.73. The van der Waals surface area contributed by atoms with Gasteiger partial charge in [-0.2, -0.15) is 4.98 Å². The molecule has 0 bridgehead atoms. The summed E-state index contributed by atoms with van der Waals surface area (Å²) in [5, 5.41) is 15.5. The quantitative estimate of drug-likeness (QED) is 0.244. The lowest BCUT2D eigenvalue weighted by Gasteiger charge is -2.20. The number of aromatic nitrogens is 3. The standard InChI is InChI=1S/C23H19N5O5/c29-23(18-13-16-5-1-2-6-19(16)24-22(18)27-11-3-4-12-27)32-14-20-25-21(26-33-20)15-7-9-17(10-8-15)28(30)31/h1-2,5-10,13H,3-4,11-12,14H2. The van der Waals surface area contributed by atoms with Gasteiger partial charge in [0.05, 0.1) is 10.4 Å². The molecule has 166 valence electrons. The lowest BCUT2D eigenvalue weighted by molar-refractivity contribution is -0.384. The van der Waals surface area contributed by atoms with E-state index in [-0.39, 0.29) is 24.0 Å². The fourth-order valence-corrected chi connectivity index (χ4v) is 3.79. The van der Waals surface area contributed by atoms with Gasteiger partial charge in [-0.05, 0) is 37.1 Å². The third-order valence-electron chi connectivity index (χ3n) is 5.46. The monoisotopic (exact) mass is 445 g/mol. The summed E-state index contributed by atoms with van der Waals surface area (Å²) in [7, 11) is 0. The average Bonchev–Trinajstić information content (AvgIpc) is 3.54. The summed E-state index contributed by atoms with van der Waals surface area (Å²) >= 11 is 0. The number of hydrogen-bond acceptors (Lipinski definition) is 9. The van der Waals surface area contributed by atoms with E-state index in [2.05, 4.69) is 15.0 Å². The lowest BCUT2D eigenvalue weighted by atomic mass is 10.1. The van der Waals surface area contributed by atoms with E-state index < -0.39 is 10.9 Å². The second-order valence-electron chi connectivity index (χ2n) is 7.64. The minimum Gasteiger partial charge on any atom is -0.452 e. The first kappa shape index (κ1) is 20.6. The molecule has 0 N–H and O–H groups in total. The molecule has 3 heterocycles. The van der Waals surface area contributed by atoms with E-state index in [0.29, 0.717) is 16.9 Å². The van der Waals surface area contributed by atoms with E-state index in [1.165, 1.54) is 24.3 Å². The Labute approximate surface area is 188 Å². The van der Waals surface area contributed by atoms with Crippen LogP contribution in [0, 0.1) is 10.1 Å². The van der Waals surface area contributed by atoms with Crippen LogP contribution in [-0.4, -0.2) is 39.1 Å². The van der Waals surface area contributed by atoms with E-state index in [4.69, 9.17) is 14.2 Å². The minimum atomic E-state index is -0.523. The number of ether oxygens (including phenoxy) is 1. The number of anilines is 1. The Bertz CT molecular complexity index is 1330. The first-order chi connectivity index (χ1) is 16.1. The molecule has 4 aromatic rings. The molecule has 1 aliphatic heterocycles. The van der Waals surface area contributed by atoms with Crippen LogP contribution in [0.3, 0.4) is 0 Å². The molecule has 1 fully saturated rings. The fourth-order valence-electron chi connectivity index (χ4n) is 3.79. The highest BCUT2D eigenvalue weighted by Crippen LogP contribution is 2.27. The molecule has 0 radical (unpaired) electrons. The molecule has 0 unspecified atom stereocenters. The zero-order chi connectivity index (χ0) is 22.8. The summed E-state index contributed by atoms with van der Waals surface area (Å²) < 4.78 is 10.7. The van der Waals surface area contributed by atoms with Gasteiger partial charge in [0.15, 0.2) is 6.61 Å². The average molecular weight is 445 g/mol. The van der Waals surface area contributed by atoms with Crippen molar-refractivity contribution in [2.75, 3.05) is 18.0 Å². The molecule has 10 nitrogen and oxygen atoms in total. The van der Waals surface area contributed by atoms with Crippen molar-refractivity contribution in [1.82, 2.24) is 15.1 Å². The second-order valence-corrected chi connectivity index (χ2v) is 7.64. The molecule has 0 aliphatic carbocycles. The van der Waals surface area contributed by atoms with Crippen molar-refractivity contribution in [3.8, 4) is 11.4 Å². The molecule has 1 saturated heterocycles. The van der Waals surface area contributed by atoms with Gasteiger partial charge in [0.1, 0.15) is 11.4 Å². The molecular formula is C23H19N5O5. The fraction of sp³-hybridized carbons (Fsp3) is 0.217. The molecule has 0 amide bonds. The van der Waals surface area contributed by atoms with E-state index in [1.807, 2.05) is 24.3 Å². The van der Waals surface area contributed by atoms with Gasteiger partial charge in [-0.15, -0.1) is 0 Å². The van der Waals surface area contributed by atoms with Gasteiger partial charge in [0, 0.05) is 36.2 Å². The summed E-state index contributed by atoms with van der Waals surface area (Å²) in [6, 6.07) is 15.2. The van der Waals surface area contributed by atoms with Crippen molar-refractivity contribution in [3.63, 3.8) is 0 Å². The molecule has 0 atom stereocenters. The molecule has 1 aliphatic rings. The number of carbonyl (C=O) groups excluding carboxylic acids is 1. The number of carbonyl (C=O) groups is 1. The van der Waals surface area contributed by atoms with Gasteiger partial charge in [-0.1, -0.05) is 23.4 Å². The number of nitro groups is 1. The van der Waals surface area contributed by atoms with E-state index in [1.54, 1.807) is 6.07 Å².